The fraction of sp³-hybridized carbons (Fsp3) is 0.667. The highest BCUT2D eigenvalue weighted by Crippen LogP contribution is 2.21. The van der Waals surface area contributed by atoms with Crippen molar-refractivity contribution in [2.24, 2.45) is 5.92 Å². The molecule has 19 heavy (non-hydrogen) atoms. The number of likely N-dealkylation sites (tertiary alicyclic amines) is 1. The molecular weight excluding hydrogens is 236 g/mol. The van der Waals surface area contributed by atoms with Gasteiger partial charge in [-0.25, -0.2) is 4.98 Å². The number of aromatic nitrogens is 1. The molecule has 106 valence electrons. The average Bonchev–Trinajstić information content (AvgIpc) is 2.82. The number of nitrogens with one attached hydrogen (secondary N) is 1. The molecule has 1 aliphatic rings. The summed E-state index contributed by atoms with van der Waals surface area (Å²) >= 11 is 0. The van der Waals surface area contributed by atoms with Crippen molar-refractivity contribution in [1.29, 1.82) is 0 Å². The highest BCUT2D eigenvalue weighted by atomic mass is 15.2. The van der Waals surface area contributed by atoms with Gasteiger partial charge in [0.2, 0.25) is 0 Å². The van der Waals surface area contributed by atoms with Gasteiger partial charge >= 0.3 is 0 Å². The van der Waals surface area contributed by atoms with Gasteiger partial charge in [-0.15, -0.1) is 0 Å². The van der Waals surface area contributed by atoms with Crippen LogP contribution in [0.25, 0.3) is 0 Å². The van der Waals surface area contributed by atoms with Crippen LogP contribution in [0.5, 0.6) is 0 Å². The van der Waals surface area contributed by atoms with E-state index in [1.54, 1.807) is 0 Å². The first-order valence-electron chi connectivity index (χ1n) is 7.28. The molecule has 4 heteroatoms. The zero-order valence-corrected chi connectivity index (χ0v) is 12.4. The minimum Gasteiger partial charge on any atom is -0.374 e. The van der Waals surface area contributed by atoms with Crippen molar-refractivity contribution in [2.75, 3.05) is 50.5 Å². The van der Waals surface area contributed by atoms with Crippen molar-refractivity contribution >= 4 is 11.5 Å². The highest BCUT2D eigenvalue weighted by Gasteiger charge is 2.20. The Labute approximate surface area is 116 Å². The number of rotatable bonds is 6. The maximum atomic E-state index is 4.36. The Kier molecular flexibility index (Phi) is 5.02. The monoisotopic (exact) mass is 262 g/mol. The SMILES string of the molecule is CCCNc1cc(N(C)CC2CCN(C)C2)ccn1. The summed E-state index contributed by atoms with van der Waals surface area (Å²) in [5, 5.41) is 3.34. The molecule has 2 rings (SSSR count). The molecule has 0 saturated carbocycles. The van der Waals surface area contributed by atoms with E-state index in [2.05, 4.69) is 53.3 Å². The summed E-state index contributed by atoms with van der Waals surface area (Å²) in [5.74, 6) is 1.77. The molecule has 0 aliphatic carbocycles. The van der Waals surface area contributed by atoms with E-state index < -0.39 is 0 Å². The zero-order chi connectivity index (χ0) is 13.7. The smallest absolute Gasteiger partial charge is 0.127 e. The lowest BCUT2D eigenvalue weighted by Gasteiger charge is -2.23. The number of pyridine rings is 1. The summed E-state index contributed by atoms with van der Waals surface area (Å²) in [5.41, 5.74) is 1.25. The molecule has 1 aromatic heterocycles. The molecule has 1 aliphatic heterocycles. The van der Waals surface area contributed by atoms with Gasteiger partial charge in [-0.05, 0) is 38.4 Å². The first-order chi connectivity index (χ1) is 9.19. The standard InChI is InChI=1S/C15H26N4/c1-4-7-16-15-10-14(5-8-17-15)19(3)12-13-6-9-18(2)11-13/h5,8,10,13H,4,6-7,9,11-12H2,1-3H3,(H,16,17). The van der Waals surface area contributed by atoms with E-state index in [4.69, 9.17) is 0 Å². The molecule has 0 amide bonds. The summed E-state index contributed by atoms with van der Waals surface area (Å²) in [6, 6.07) is 4.24. The molecule has 4 nitrogen and oxygen atoms in total. The fourth-order valence-electron chi connectivity index (χ4n) is 2.67. The van der Waals surface area contributed by atoms with Crippen LogP contribution in [0.1, 0.15) is 19.8 Å². The van der Waals surface area contributed by atoms with Crippen molar-refractivity contribution in [3.8, 4) is 0 Å². The summed E-state index contributed by atoms with van der Waals surface area (Å²) < 4.78 is 0. The Morgan fingerprint density at radius 1 is 1.53 bits per heavy atom. The van der Waals surface area contributed by atoms with Crippen LogP contribution in [-0.4, -0.2) is 50.2 Å². The third-order valence-electron chi connectivity index (χ3n) is 3.76. The molecule has 0 aromatic carbocycles. The number of nitrogens with zero attached hydrogens (tertiary/aromatic N) is 3. The third-order valence-corrected chi connectivity index (χ3v) is 3.76. The van der Waals surface area contributed by atoms with Crippen molar-refractivity contribution in [2.45, 2.75) is 19.8 Å². The maximum Gasteiger partial charge on any atom is 0.127 e. The number of hydrogen-bond acceptors (Lipinski definition) is 4. The Bertz CT molecular complexity index is 393. The van der Waals surface area contributed by atoms with Crippen LogP contribution in [0.3, 0.4) is 0 Å². The van der Waals surface area contributed by atoms with Crippen molar-refractivity contribution in [3.63, 3.8) is 0 Å². The lowest BCUT2D eigenvalue weighted by atomic mass is 10.1. The van der Waals surface area contributed by atoms with Gasteiger partial charge in [0.1, 0.15) is 5.82 Å². The summed E-state index contributed by atoms with van der Waals surface area (Å²) in [7, 11) is 4.39. The van der Waals surface area contributed by atoms with Gasteiger partial charge in [-0.3, -0.25) is 0 Å². The van der Waals surface area contributed by atoms with Gasteiger partial charge in [0.25, 0.3) is 0 Å². The predicted octanol–water partition coefficient (Wildman–Crippen LogP) is 2.29. The van der Waals surface area contributed by atoms with E-state index in [1.807, 2.05) is 6.20 Å². The zero-order valence-electron chi connectivity index (χ0n) is 12.4. The van der Waals surface area contributed by atoms with Crippen molar-refractivity contribution < 1.29 is 0 Å². The van der Waals surface area contributed by atoms with E-state index in [-0.39, 0.29) is 0 Å². The van der Waals surface area contributed by atoms with Gasteiger partial charge in [0.05, 0.1) is 0 Å². The molecule has 1 atom stereocenters. The summed E-state index contributed by atoms with van der Waals surface area (Å²) in [4.78, 5) is 9.12. The van der Waals surface area contributed by atoms with E-state index in [9.17, 15) is 0 Å². The molecule has 1 saturated heterocycles. The molecule has 1 fully saturated rings. The molecule has 0 bridgehead atoms. The van der Waals surface area contributed by atoms with Gasteiger partial charge in [-0.2, -0.15) is 0 Å². The molecule has 1 N–H and O–H groups in total. The first kappa shape index (κ1) is 14.1. The molecule has 2 heterocycles. The van der Waals surface area contributed by atoms with Crippen molar-refractivity contribution in [3.05, 3.63) is 18.3 Å². The van der Waals surface area contributed by atoms with Gasteiger partial charge in [0.15, 0.2) is 0 Å². The quantitative estimate of drug-likeness (QED) is 0.852. The van der Waals surface area contributed by atoms with Gasteiger partial charge < -0.3 is 15.1 Å². The Morgan fingerprint density at radius 2 is 2.37 bits per heavy atom. The van der Waals surface area contributed by atoms with Crippen LogP contribution >= 0.6 is 0 Å². The average molecular weight is 262 g/mol. The van der Waals surface area contributed by atoms with Crippen LogP contribution in [0.2, 0.25) is 0 Å². The lowest BCUT2D eigenvalue weighted by molar-refractivity contribution is 0.396. The van der Waals surface area contributed by atoms with E-state index in [0.29, 0.717) is 0 Å². The van der Waals surface area contributed by atoms with E-state index >= 15 is 0 Å². The molecule has 1 unspecified atom stereocenters. The van der Waals surface area contributed by atoms with E-state index in [0.717, 1.165) is 31.2 Å². The van der Waals surface area contributed by atoms with E-state index in [1.165, 1.54) is 25.2 Å². The topological polar surface area (TPSA) is 31.4 Å². The van der Waals surface area contributed by atoms with Crippen LogP contribution in [0, 0.1) is 5.92 Å². The van der Waals surface area contributed by atoms with Crippen LogP contribution in [0.15, 0.2) is 18.3 Å². The number of anilines is 2. The lowest BCUT2D eigenvalue weighted by Crippen LogP contribution is -2.27. The third kappa shape index (κ3) is 4.10. The predicted molar refractivity (Wildman–Crippen MR) is 81.9 cm³/mol. The minimum atomic E-state index is 0.787. The molecular formula is C15H26N4. The fourth-order valence-corrected chi connectivity index (χ4v) is 2.67. The van der Waals surface area contributed by atoms with Gasteiger partial charge in [-0.1, -0.05) is 6.92 Å². The summed E-state index contributed by atoms with van der Waals surface area (Å²) in [6.07, 6.45) is 4.33. The van der Waals surface area contributed by atoms with Crippen LogP contribution < -0.4 is 10.2 Å². The maximum absolute atomic E-state index is 4.36. The Hall–Kier alpha value is -1.29. The van der Waals surface area contributed by atoms with Crippen LogP contribution in [-0.2, 0) is 0 Å². The second kappa shape index (κ2) is 6.75. The Balaban J connectivity index is 1.92. The van der Waals surface area contributed by atoms with Crippen LogP contribution in [0.4, 0.5) is 11.5 Å². The van der Waals surface area contributed by atoms with Gasteiger partial charge in [0, 0.05) is 44.6 Å². The first-order valence-corrected chi connectivity index (χ1v) is 7.28. The second-order valence-corrected chi connectivity index (χ2v) is 5.62. The largest absolute Gasteiger partial charge is 0.374 e. The normalized spacial score (nSPS) is 19.6. The number of hydrogen-bond donors (Lipinski definition) is 1. The minimum absolute atomic E-state index is 0.787. The second-order valence-electron chi connectivity index (χ2n) is 5.62. The summed E-state index contributed by atoms with van der Waals surface area (Å²) in [6.45, 7) is 6.73. The molecule has 1 aromatic rings. The van der Waals surface area contributed by atoms with Crippen molar-refractivity contribution in [1.82, 2.24) is 9.88 Å². The molecule has 0 spiro atoms. The highest BCUT2D eigenvalue weighted by molar-refractivity contribution is 5.53. The molecule has 0 radical (unpaired) electrons. The Morgan fingerprint density at radius 3 is 3.05 bits per heavy atom.